The van der Waals surface area contributed by atoms with Gasteiger partial charge in [-0.25, -0.2) is 13.2 Å². The third-order valence-corrected chi connectivity index (χ3v) is 14.2. The van der Waals surface area contributed by atoms with Crippen molar-refractivity contribution in [1.82, 2.24) is 20.9 Å². The Labute approximate surface area is 286 Å². The van der Waals surface area contributed by atoms with E-state index in [-0.39, 0.29) is 28.9 Å². The zero-order valence-electron chi connectivity index (χ0n) is 30.2. The molecule has 48 heavy (non-hydrogen) atoms. The van der Waals surface area contributed by atoms with Crippen molar-refractivity contribution in [3.05, 3.63) is 0 Å². The molecule has 5 atom stereocenters. The van der Waals surface area contributed by atoms with Gasteiger partial charge in [-0.2, -0.15) is 0 Å². The molecule has 1 unspecified atom stereocenters. The quantitative estimate of drug-likeness (QED) is 0.239. The normalized spacial score (nSPS) is 26.6. The van der Waals surface area contributed by atoms with Gasteiger partial charge < -0.3 is 26.6 Å². The molecule has 3 saturated carbocycles. The molecule has 1 heterocycles. The molecule has 4 rings (SSSR count). The number of carbonyl (C=O) groups excluding carboxylic acids is 5. The number of nitrogens with zero attached hydrogens (tertiary/aromatic N) is 1. The number of nitrogens with one attached hydrogen (secondary N) is 3. The molecule has 4 aliphatic rings. The lowest BCUT2D eigenvalue weighted by atomic mass is 9.79. The van der Waals surface area contributed by atoms with E-state index in [4.69, 9.17) is 5.73 Å². The zero-order valence-corrected chi connectivity index (χ0v) is 31.1. The van der Waals surface area contributed by atoms with Crippen LogP contribution in [-0.2, 0) is 29.0 Å². The molecule has 272 valence electrons. The Morgan fingerprint density at radius 1 is 0.896 bits per heavy atom. The minimum absolute atomic E-state index is 0.0217. The summed E-state index contributed by atoms with van der Waals surface area (Å²) in [5, 5.41) is 8.72. The molecule has 4 fully saturated rings. The average molecular weight is 694 g/mol. The first-order chi connectivity index (χ1) is 22.0. The van der Waals surface area contributed by atoms with E-state index in [1.54, 1.807) is 25.7 Å². The van der Waals surface area contributed by atoms with Crippen LogP contribution in [0.15, 0.2) is 0 Å². The minimum Gasteiger partial charge on any atom is -0.363 e. The first-order valence-electron chi connectivity index (χ1n) is 17.7. The van der Waals surface area contributed by atoms with Gasteiger partial charge in [-0.15, -0.1) is 0 Å². The molecule has 0 radical (unpaired) electrons. The molecule has 1 aliphatic heterocycles. The second-order valence-electron chi connectivity index (χ2n) is 17.8. The number of sulfone groups is 1. The van der Waals surface area contributed by atoms with Crippen LogP contribution >= 0.6 is 0 Å². The number of urea groups is 1. The fourth-order valence-electron chi connectivity index (χ4n) is 8.07. The van der Waals surface area contributed by atoms with Crippen molar-refractivity contribution < 1.29 is 32.4 Å². The highest BCUT2D eigenvalue weighted by atomic mass is 32.2. The van der Waals surface area contributed by atoms with Gasteiger partial charge in [-0.1, -0.05) is 66.7 Å². The van der Waals surface area contributed by atoms with Gasteiger partial charge in [0.25, 0.3) is 5.91 Å². The van der Waals surface area contributed by atoms with Crippen LogP contribution in [0.1, 0.15) is 120 Å². The number of carbonyl (C=O) groups is 5. The Morgan fingerprint density at radius 2 is 1.50 bits per heavy atom. The van der Waals surface area contributed by atoms with Crippen molar-refractivity contribution in [2.45, 2.75) is 148 Å². The lowest BCUT2D eigenvalue weighted by Crippen LogP contribution is -2.64. The number of primary amides is 1. The Balaban J connectivity index is 1.60. The fraction of sp³-hybridized carbons (Fsp3) is 0.857. The van der Waals surface area contributed by atoms with Crippen molar-refractivity contribution in [3.8, 4) is 0 Å². The fourth-order valence-corrected chi connectivity index (χ4v) is 9.59. The Bertz CT molecular complexity index is 1390. The molecule has 5 N–H and O–H groups in total. The van der Waals surface area contributed by atoms with Crippen LogP contribution in [0.5, 0.6) is 0 Å². The van der Waals surface area contributed by atoms with Gasteiger partial charge in [-0.05, 0) is 81.5 Å². The van der Waals surface area contributed by atoms with Gasteiger partial charge in [0, 0.05) is 6.54 Å². The third-order valence-electron chi connectivity index (χ3n) is 11.4. The average Bonchev–Trinajstić information content (AvgIpc) is 3.60. The largest absolute Gasteiger partial charge is 0.363 e. The van der Waals surface area contributed by atoms with Crippen LogP contribution in [-0.4, -0.2) is 83.6 Å². The number of Topliss-reactive ketones (excluding diaryl/α,β-unsaturated/α-hetero) is 1. The Kier molecular flexibility index (Phi) is 10.8. The van der Waals surface area contributed by atoms with E-state index in [0.29, 0.717) is 25.8 Å². The summed E-state index contributed by atoms with van der Waals surface area (Å²) in [6.07, 6.45) is 7.30. The summed E-state index contributed by atoms with van der Waals surface area (Å²) in [4.78, 5) is 68.6. The molecule has 5 amide bonds. The summed E-state index contributed by atoms with van der Waals surface area (Å²) in [5.74, 6) is -2.94. The molecule has 0 spiro atoms. The van der Waals surface area contributed by atoms with E-state index in [1.165, 1.54) is 0 Å². The lowest BCUT2D eigenvalue weighted by molar-refractivity contribution is -0.144. The summed E-state index contributed by atoms with van der Waals surface area (Å²) in [6, 6.07) is -3.59. The monoisotopic (exact) mass is 693 g/mol. The van der Waals surface area contributed by atoms with Crippen LogP contribution in [0.4, 0.5) is 4.79 Å². The number of hydrogen-bond donors (Lipinski definition) is 4. The van der Waals surface area contributed by atoms with Crippen molar-refractivity contribution in [2.24, 2.45) is 34.3 Å². The first kappa shape index (κ1) is 38.1. The Morgan fingerprint density at radius 3 is 2.02 bits per heavy atom. The van der Waals surface area contributed by atoms with Crippen LogP contribution < -0.4 is 21.7 Å². The molecular formula is C35H59N5O7S. The van der Waals surface area contributed by atoms with Crippen LogP contribution in [0, 0.1) is 28.6 Å². The molecule has 0 aromatic rings. The molecule has 3 aliphatic carbocycles. The van der Waals surface area contributed by atoms with Crippen molar-refractivity contribution in [1.29, 1.82) is 0 Å². The second-order valence-corrected chi connectivity index (χ2v) is 20.6. The Hall–Kier alpha value is -2.70. The predicted octanol–water partition coefficient (Wildman–Crippen LogP) is 3.22. The summed E-state index contributed by atoms with van der Waals surface area (Å²) < 4.78 is 25.6. The van der Waals surface area contributed by atoms with Crippen LogP contribution in [0.2, 0.25) is 0 Å². The van der Waals surface area contributed by atoms with Gasteiger partial charge in [0.2, 0.25) is 17.6 Å². The standard InChI is InChI=1S/C35H59N5O7S/c1-32(2,3)27(38-31(45)39-35(15-10-9-11-16-35)20-48(46,47)33(4,5)6)30(44)40-19-23-22(14-17-34(23,7)8)25(40)29(43)37-24(18-21-12-13-21)26(41)28(36)42/h21-25,27H,9-20H2,1-8H3,(H2,36,42)(H,37,43)(H2,38,39,45)/t22-,23-,24?,25-,27+/m0/s1. The van der Waals surface area contributed by atoms with Crippen LogP contribution in [0.25, 0.3) is 0 Å². The van der Waals surface area contributed by atoms with E-state index in [1.807, 2.05) is 20.8 Å². The van der Waals surface area contributed by atoms with Crippen molar-refractivity contribution in [3.63, 3.8) is 0 Å². The highest BCUT2D eigenvalue weighted by Gasteiger charge is 2.57. The first-order valence-corrected chi connectivity index (χ1v) is 19.4. The van der Waals surface area contributed by atoms with Crippen molar-refractivity contribution in [2.75, 3.05) is 12.3 Å². The van der Waals surface area contributed by atoms with E-state index in [0.717, 1.165) is 44.9 Å². The van der Waals surface area contributed by atoms with Gasteiger partial charge in [0.1, 0.15) is 12.1 Å². The smallest absolute Gasteiger partial charge is 0.315 e. The van der Waals surface area contributed by atoms with Gasteiger partial charge >= 0.3 is 6.03 Å². The summed E-state index contributed by atoms with van der Waals surface area (Å²) in [5.41, 5.74) is 3.48. The van der Waals surface area contributed by atoms with E-state index >= 15 is 0 Å². The summed E-state index contributed by atoms with van der Waals surface area (Å²) in [6.45, 7) is 15.1. The molecular weight excluding hydrogens is 634 g/mol. The minimum atomic E-state index is -3.56. The molecule has 1 saturated heterocycles. The number of fused-ring (bicyclic) bond motifs is 1. The number of ketones is 1. The third kappa shape index (κ3) is 8.35. The zero-order chi connectivity index (χ0) is 36.0. The van der Waals surface area contributed by atoms with Crippen LogP contribution in [0.3, 0.4) is 0 Å². The molecule has 0 aromatic carbocycles. The predicted molar refractivity (Wildman–Crippen MR) is 183 cm³/mol. The summed E-state index contributed by atoms with van der Waals surface area (Å²) in [7, 11) is -3.56. The number of hydrogen-bond acceptors (Lipinski definition) is 7. The van der Waals surface area contributed by atoms with E-state index < -0.39 is 73.2 Å². The van der Waals surface area contributed by atoms with Gasteiger partial charge in [0.15, 0.2) is 9.84 Å². The maximum atomic E-state index is 14.6. The maximum absolute atomic E-state index is 14.6. The molecule has 12 nitrogen and oxygen atoms in total. The number of likely N-dealkylation sites (tertiary alicyclic amines) is 1. The number of amides is 5. The lowest BCUT2D eigenvalue weighted by Gasteiger charge is -2.41. The summed E-state index contributed by atoms with van der Waals surface area (Å²) >= 11 is 0. The number of rotatable bonds is 11. The molecule has 0 aromatic heterocycles. The van der Waals surface area contributed by atoms with Gasteiger partial charge in [-0.3, -0.25) is 19.2 Å². The molecule has 13 heteroatoms. The molecule has 0 bridgehead atoms. The second kappa shape index (κ2) is 13.5. The highest BCUT2D eigenvalue weighted by molar-refractivity contribution is 7.92. The number of nitrogens with two attached hydrogens (primary N) is 1. The highest BCUT2D eigenvalue weighted by Crippen LogP contribution is 2.53. The van der Waals surface area contributed by atoms with Crippen molar-refractivity contribution >= 4 is 39.4 Å². The maximum Gasteiger partial charge on any atom is 0.315 e. The van der Waals surface area contributed by atoms with Gasteiger partial charge in [0.05, 0.1) is 22.1 Å². The topological polar surface area (TPSA) is 185 Å². The van der Waals surface area contributed by atoms with E-state index in [9.17, 15) is 32.4 Å². The van der Waals surface area contributed by atoms with E-state index in [2.05, 4.69) is 29.8 Å². The SMILES string of the molecule is CC(C)(C)[C@H](NC(=O)NC1(CS(=O)(=O)C(C)(C)C)CCCCC1)C(=O)N1C[C@H]2[C@H](CCC2(C)C)[C@H]1C(=O)NC(CC1CC1)C(=O)C(N)=O.